The van der Waals surface area contributed by atoms with Gasteiger partial charge in [0.1, 0.15) is 0 Å². The summed E-state index contributed by atoms with van der Waals surface area (Å²) in [7, 11) is 0. The Hall–Kier alpha value is -1.58. The lowest BCUT2D eigenvalue weighted by molar-refractivity contribution is -0.121. The van der Waals surface area contributed by atoms with Crippen LogP contribution >= 0.6 is 0 Å². The van der Waals surface area contributed by atoms with Crippen molar-refractivity contribution in [3.05, 3.63) is 24.0 Å². The molecule has 1 aromatic heterocycles. The van der Waals surface area contributed by atoms with E-state index < -0.39 is 0 Å². The van der Waals surface area contributed by atoms with Gasteiger partial charge in [-0.05, 0) is 6.07 Å². The maximum absolute atomic E-state index is 10.7. The summed E-state index contributed by atoms with van der Waals surface area (Å²) >= 11 is 0. The van der Waals surface area contributed by atoms with Gasteiger partial charge in [0.05, 0.1) is 5.92 Å². The third-order valence-electron chi connectivity index (χ3n) is 1.88. The van der Waals surface area contributed by atoms with Crippen LogP contribution in [0, 0.1) is 5.92 Å². The third-order valence-corrected chi connectivity index (χ3v) is 1.88. The molecule has 1 heterocycles. The molecular formula is C9H12N2O2. The molecule has 2 N–H and O–H groups in total. The topological polar surface area (TPSA) is 65.1 Å². The number of carbonyl (C=O) groups is 2. The van der Waals surface area contributed by atoms with Crippen molar-refractivity contribution in [1.29, 1.82) is 0 Å². The van der Waals surface area contributed by atoms with Gasteiger partial charge in [-0.1, -0.05) is 6.92 Å². The fourth-order valence-corrected chi connectivity index (χ4v) is 1.05. The van der Waals surface area contributed by atoms with Gasteiger partial charge in [0.25, 0.3) is 0 Å². The standard InChI is InChI=1S/C9H12N2O2/c1-7(9(10)13)4-11-3-2-8(5-11)6-12/h2-3,5-7H,4H2,1H3,(H2,10,13). The summed E-state index contributed by atoms with van der Waals surface area (Å²) in [6.45, 7) is 2.27. The van der Waals surface area contributed by atoms with E-state index in [-0.39, 0.29) is 11.8 Å². The Morgan fingerprint density at radius 3 is 2.92 bits per heavy atom. The first kappa shape index (κ1) is 9.51. The SMILES string of the molecule is CC(Cn1ccc(C=O)c1)C(N)=O. The molecule has 0 radical (unpaired) electrons. The van der Waals surface area contributed by atoms with E-state index in [4.69, 9.17) is 5.73 Å². The van der Waals surface area contributed by atoms with Crippen molar-refractivity contribution < 1.29 is 9.59 Å². The lowest BCUT2D eigenvalue weighted by Crippen LogP contribution is -2.24. The largest absolute Gasteiger partial charge is 0.369 e. The van der Waals surface area contributed by atoms with Crippen molar-refractivity contribution in [1.82, 2.24) is 4.57 Å². The maximum atomic E-state index is 10.7. The van der Waals surface area contributed by atoms with Gasteiger partial charge in [0.2, 0.25) is 5.91 Å². The summed E-state index contributed by atoms with van der Waals surface area (Å²) in [5.74, 6) is -0.548. The van der Waals surface area contributed by atoms with Crippen LogP contribution in [0.5, 0.6) is 0 Å². The molecule has 70 valence electrons. The predicted octanol–water partition coefficient (Wildman–Crippen LogP) is 0.422. The molecule has 0 bridgehead atoms. The van der Waals surface area contributed by atoms with E-state index in [2.05, 4.69) is 0 Å². The first-order chi connectivity index (χ1) is 6.13. The number of amides is 1. The molecule has 0 aromatic carbocycles. The molecule has 1 aromatic rings. The van der Waals surface area contributed by atoms with E-state index >= 15 is 0 Å². The number of hydrogen-bond acceptors (Lipinski definition) is 2. The van der Waals surface area contributed by atoms with Crippen molar-refractivity contribution >= 4 is 12.2 Å². The van der Waals surface area contributed by atoms with Crippen LogP contribution in [-0.4, -0.2) is 16.8 Å². The first-order valence-electron chi connectivity index (χ1n) is 4.03. The maximum Gasteiger partial charge on any atom is 0.222 e. The number of primary amides is 1. The Morgan fingerprint density at radius 2 is 2.46 bits per heavy atom. The number of nitrogens with zero attached hydrogens (tertiary/aromatic N) is 1. The van der Waals surface area contributed by atoms with Gasteiger partial charge in [0, 0.05) is 24.5 Å². The highest BCUT2D eigenvalue weighted by Crippen LogP contribution is 2.03. The molecule has 1 amide bonds. The Kier molecular flexibility index (Phi) is 2.84. The van der Waals surface area contributed by atoms with E-state index in [9.17, 15) is 9.59 Å². The Bertz CT molecular complexity index is 317. The van der Waals surface area contributed by atoms with Gasteiger partial charge in [-0.2, -0.15) is 0 Å². The molecule has 1 atom stereocenters. The van der Waals surface area contributed by atoms with Crippen molar-refractivity contribution in [2.45, 2.75) is 13.5 Å². The second-order valence-electron chi connectivity index (χ2n) is 3.06. The zero-order valence-electron chi connectivity index (χ0n) is 7.43. The number of rotatable bonds is 4. The molecule has 0 saturated heterocycles. The molecule has 1 unspecified atom stereocenters. The molecule has 0 saturated carbocycles. The normalized spacial score (nSPS) is 12.4. The number of aldehydes is 1. The van der Waals surface area contributed by atoms with E-state index in [1.165, 1.54) is 0 Å². The summed E-state index contributed by atoms with van der Waals surface area (Å²) in [5.41, 5.74) is 5.71. The number of carbonyl (C=O) groups excluding carboxylic acids is 2. The number of aromatic nitrogens is 1. The summed E-state index contributed by atoms with van der Waals surface area (Å²) < 4.78 is 1.78. The van der Waals surface area contributed by atoms with Crippen LogP contribution in [0.15, 0.2) is 18.5 Å². The van der Waals surface area contributed by atoms with Crippen molar-refractivity contribution in [2.75, 3.05) is 0 Å². The molecule has 0 aliphatic heterocycles. The molecule has 0 fully saturated rings. The van der Waals surface area contributed by atoms with Crippen molar-refractivity contribution in [3.8, 4) is 0 Å². The minimum Gasteiger partial charge on any atom is -0.369 e. The summed E-state index contributed by atoms with van der Waals surface area (Å²) in [5, 5.41) is 0. The summed E-state index contributed by atoms with van der Waals surface area (Å²) in [6, 6.07) is 1.70. The second-order valence-corrected chi connectivity index (χ2v) is 3.06. The van der Waals surface area contributed by atoms with Crippen LogP contribution in [0.1, 0.15) is 17.3 Å². The molecule has 0 aliphatic rings. The van der Waals surface area contributed by atoms with Gasteiger partial charge in [-0.3, -0.25) is 9.59 Å². The number of hydrogen-bond donors (Lipinski definition) is 1. The monoisotopic (exact) mass is 180 g/mol. The molecule has 13 heavy (non-hydrogen) atoms. The highest BCUT2D eigenvalue weighted by molar-refractivity contribution is 5.76. The highest BCUT2D eigenvalue weighted by Gasteiger charge is 2.08. The third kappa shape index (κ3) is 2.43. The first-order valence-corrected chi connectivity index (χ1v) is 4.03. The van der Waals surface area contributed by atoms with E-state index in [0.717, 1.165) is 6.29 Å². The molecule has 4 nitrogen and oxygen atoms in total. The van der Waals surface area contributed by atoms with Gasteiger partial charge in [-0.25, -0.2) is 0 Å². The zero-order chi connectivity index (χ0) is 9.84. The Balaban J connectivity index is 2.63. The van der Waals surface area contributed by atoms with Crippen LogP contribution in [0.2, 0.25) is 0 Å². The minimum absolute atomic E-state index is 0.216. The van der Waals surface area contributed by atoms with Crippen LogP contribution in [0.3, 0.4) is 0 Å². The zero-order valence-corrected chi connectivity index (χ0v) is 7.43. The van der Waals surface area contributed by atoms with E-state index in [1.807, 2.05) is 0 Å². The molecular weight excluding hydrogens is 168 g/mol. The minimum atomic E-state index is -0.332. The van der Waals surface area contributed by atoms with Gasteiger partial charge in [-0.15, -0.1) is 0 Å². The fraction of sp³-hybridized carbons (Fsp3) is 0.333. The van der Waals surface area contributed by atoms with Gasteiger partial charge < -0.3 is 10.3 Å². The quantitative estimate of drug-likeness (QED) is 0.682. The smallest absolute Gasteiger partial charge is 0.222 e. The Morgan fingerprint density at radius 1 is 1.77 bits per heavy atom. The molecule has 0 aliphatic carbocycles. The summed E-state index contributed by atoms with van der Waals surface area (Å²) in [4.78, 5) is 21.1. The molecule has 4 heteroatoms. The van der Waals surface area contributed by atoms with Crippen LogP contribution in [0.4, 0.5) is 0 Å². The van der Waals surface area contributed by atoms with E-state index in [1.54, 1.807) is 30.0 Å². The highest BCUT2D eigenvalue weighted by atomic mass is 16.1. The number of nitrogens with two attached hydrogens (primary N) is 1. The average molecular weight is 180 g/mol. The second kappa shape index (κ2) is 3.89. The van der Waals surface area contributed by atoms with Crippen LogP contribution < -0.4 is 5.73 Å². The van der Waals surface area contributed by atoms with Crippen LogP contribution in [0.25, 0.3) is 0 Å². The lowest BCUT2D eigenvalue weighted by Gasteiger charge is -2.07. The van der Waals surface area contributed by atoms with Gasteiger partial charge in [0.15, 0.2) is 6.29 Å². The summed E-state index contributed by atoms with van der Waals surface area (Å²) in [6.07, 6.45) is 4.21. The molecule has 0 spiro atoms. The fourth-order valence-electron chi connectivity index (χ4n) is 1.05. The average Bonchev–Trinajstić information content (AvgIpc) is 2.52. The van der Waals surface area contributed by atoms with E-state index in [0.29, 0.717) is 12.1 Å². The van der Waals surface area contributed by atoms with Crippen LogP contribution in [-0.2, 0) is 11.3 Å². The Labute approximate surface area is 76.3 Å². The van der Waals surface area contributed by atoms with Crippen molar-refractivity contribution in [3.63, 3.8) is 0 Å². The molecule has 1 rings (SSSR count). The van der Waals surface area contributed by atoms with Gasteiger partial charge >= 0.3 is 0 Å². The lowest BCUT2D eigenvalue weighted by atomic mass is 10.2. The predicted molar refractivity (Wildman–Crippen MR) is 48.2 cm³/mol. The van der Waals surface area contributed by atoms with Crippen molar-refractivity contribution in [2.24, 2.45) is 11.7 Å².